The molecular weight excluding hydrogens is 256 g/mol. The van der Waals surface area contributed by atoms with E-state index in [0.717, 1.165) is 17.9 Å². The van der Waals surface area contributed by atoms with E-state index in [1.165, 1.54) is 0 Å². The van der Waals surface area contributed by atoms with Crippen molar-refractivity contribution in [1.82, 2.24) is 5.32 Å². The van der Waals surface area contributed by atoms with Gasteiger partial charge in [0.15, 0.2) is 0 Å². The van der Waals surface area contributed by atoms with E-state index in [1.54, 1.807) is 14.0 Å². The highest BCUT2D eigenvalue weighted by molar-refractivity contribution is 5.79. The summed E-state index contributed by atoms with van der Waals surface area (Å²) in [5.41, 5.74) is -0.0523. The molecule has 0 aliphatic carbocycles. The number of hydrogen-bond donors (Lipinski definition) is 2. The zero-order valence-corrected chi connectivity index (χ0v) is 12.6. The van der Waals surface area contributed by atoms with Crippen LogP contribution in [0.3, 0.4) is 0 Å². The molecule has 0 radical (unpaired) electrons. The van der Waals surface area contributed by atoms with Gasteiger partial charge in [-0.25, -0.2) is 0 Å². The van der Waals surface area contributed by atoms with Crippen LogP contribution in [0.15, 0.2) is 24.3 Å². The largest absolute Gasteiger partial charge is 0.497 e. The monoisotopic (exact) mass is 280 g/mol. The normalized spacial score (nSPS) is 13.6. The Balaban J connectivity index is 2.84. The van der Waals surface area contributed by atoms with Gasteiger partial charge in [-0.2, -0.15) is 0 Å². The second-order valence-corrected chi connectivity index (χ2v) is 5.12. The molecule has 20 heavy (non-hydrogen) atoms. The third kappa shape index (κ3) is 4.13. The fraction of sp³-hybridized carbons (Fsp3) is 0.533. The fourth-order valence-corrected chi connectivity index (χ4v) is 2.01. The van der Waals surface area contributed by atoms with Crippen LogP contribution in [0.4, 0.5) is 5.69 Å². The minimum absolute atomic E-state index is 0.371. The number of nitrogens with zero attached hydrogens (tertiary/aromatic N) is 1. The molecule has 1 aromatic rings. The lowest BCUT2D eigenvalue weighted by molar-refractivity contribution is -0.143. The molecule has 0 aliphatic heterocycles. The standard InChI is InChI=1S/C15H24N2O3/c1-5-9-16-15(2,14(18)19)11-17(3)12-7-6-8-13(10-12)20-4/h6-8,10,16H,5,9,11H2,1-4H3,(H,18,19). The van der Waals surface area contributed by atoms with E-state index >= 15 is 0 Å². The first-order chi connectivity index (χ1) is 9.42. The van der Waals surface area contributed by atoms with Gasteiger partial charge in [-0.15, -0.1) is 0 Å². The van der Waals surface area contributed by atoms with Gasteiger partial charge in [-0.05, 0) is 32.0 Å². The van der Waals surface area contributed by atoms with Crippen molar-refractivity contribution in [3.8, 4) is 5.75 Å². The van der Waals surface area contributed by atoms with E-state index in [-0.39, 0.29) is 0 Å². The zero-order chi connectivity index (χ0) is 15.2. The topological polar surface area (TPSA) is 61.8 Å². The predicted octanol–water partition coefficient (Wildman–Crippen LogP) is 1.97. The average Bonchev–Trinajstić information content (AvgIpc) is 2.45. The van der Waals surface area contributed by atoms with E-state index < -0.39 is 11.5 Å². The van der Waals surface area contributed by atoms with Crippen molar-refractivity contribution in [2.24, 2.45) is 0 Å². The van der Waals surface area contributed by atoms with Crippen LogP contribution in [0.25, 0.3) is 0 Å². The molecule has 0 aromatic heterocycles. The molecule has 112 valence electrons. The summed E-state index contributed by atoms with van der Waals surface area (Å²) in [6.07, 6.45) is 0.895. The third-order valence-corrected chi connectivity index (χ3v) is 3.28. The Bertz CT molecular complexity index is 450. The number of anilines is 1. The molecule has 0 spiro atoms. The first-order valence-corrected chi connectivity index (χ1v) is 6.76. The number of hydrogen-bond acceptors (Lipinski definition) is 4. The lowest BCUT2D eigenvalue weighted by Gasteiger charge is -2.32. The van der Waals surface area contributed by atoms with E-state index in [0.29, 0.717) is 13.1 Å². The second-order valence-electron chi connectivity index (χ2n) is 5.12. The van der Waals surface area contributed by atoms with Crippen molar-refractivity contribution in [3.05, 3.63) is 24.3 Å². The number of likely N-dealkylation sites (N-methyl/N-ethyl adjacent to an activating group) is 1. The molecular formula is C15H24N2O3. The van der Waals surface area contributed by atoms with E-state index in [2.05, 4.69) is 5.32 Å². The maximum absolute atomic E-state index is 11.5. The molecule has 1 aromatic carbocycles. The summed E-state index contributed by atoms with van der Waals surface area (Å²) < 4.78 is 5.19. The minimum atomic E-state index is -0.978. The molecule has 0 bridgehead atoms. The highest BCUT2D eigenvalue weighted by atomic mass is 16.5. The SMILES string of the molecule is CCCNC(C)(CN(C)c1cccc(OC)c1)C(=O)O. The number of ether oxygens (including phenoxy) is 1. The lowest BCUT2D eigenvalue weighted by Crippen LogP contribution is -2.56. The number of nitrogens with one attached hydrogen (secondary N) is 1. The van der Waals surface area contributed by atoms with Crippen LogP contribution in [0.5, 0.6) is 5.75 Å². The van der Waals surface area contributed by atoms with Gasteiger partial charge in [-0.3, -0.25) is 4.79 Å². The Labute approximate surface area is 120 Å². The second kappa shape index (κ2) is 7.14. The van der Waals surface area contributed by atoms with Gasteiger partial charge >= 0.3 is 5.97 Å². The van der Waals surface area contributed by atoms with Crippen molar-refractivity contribution >= 4 is 11.7 Å². The summed E-state index contributed by atoms with van der Waals surface area (Å²) in [4.78, 5) is 13.4. The first kappa shape index (κ1) is 16.3. The number of rotatable bonds is 8. The molecule has 0 aliphatic rings. The Morgan fingerprint density at radius 3 is 2.75 bits per heavy atom. The Morgan fingerprint density at radius 1 is 1.50 bits per heavy atom. The van der Waals surface area contributed by atoms with Crippen LogP contribution in [0.2, 0.25) is 0 Å². The zero-order valence-electron chi connectivity index (χ0n) is 12.6. The molecule has 0 amide bonds. The van der Waals surface area contributed by atoms with Crippen molar-refractivity contribution in [1.29, 1.82) is 0 Å². The summed E-state index contributed by atoms with van der Waals surface area (Å²) in [5, 5.41) is 12.5. The highest BCUT2D eigenvalue weighted by Crippen LogP contribution is 2.21. The number of methoxy groups -OCH3 is 1. The quantitative estimate of drug-likeness (QED) is 0.762. The van der Waals surface area contributed by atoms with E-state index in [9.17, 15) is 9.90 Å². The molecule has 2 N–H and O–H groups in total. The maximum Gasteiger partial charge on any atom is 0.325 e. The molecule has 0 saturated heterocycles. The Hall–Kier alpha value is -1.75. The first-order valence-electron chi connectivity index (χ1n) is 6.76. The number of carboxylic acid groups (broad SMARTS) is 1. The van der Waals surface area contributed by atoms with Gasteiger partial charge < -0.3 is 20.1 Å². The van der Waals surface area contributed by atoms with Gasteiger partial charge in [0.2, 0.25) is 0 Å². The molecule has 1 rings (SSSR count). The number of benzene rings is 1. The molecule has 5 heteroatoms. The summed E-state index contributed by atoms with van der Waals surface area (Å²) in [7, 11) is 3.49. The van der Waals surface area contributed by atoms with E-state index in [4.69, 9.17) is 4.74 Å². The van der Waals surface area contributed by atoms with Crippen LogP contribution in [0.1, 0.15) is 20.3 Å². The lowest BCUT2D eigenvalue weighted by atomic mass is 10.0. The molecule has 0 fully saturated rings. The average molecular weight is 280 g/mol. The number of carbonyl (C=O) groups is 1. The molecule has 5 nitrogen and oxygen atoms in total. The van der Waals surface area contributed by atoms with Crippen molar-refractivity contribution in [2.75, 3.05) is 32.1 Å². The van der Waals surface area contributed by atoms with Crippen molar-refractivity contribution in [2.45, 2.75) is 25.8 Å². The molecule has 0 saturated carbocycles. The number of aliphatic carboxylic acids is 1. The summed E-state index contributed by atoms with van der Waals surface area (Å²) in [6.45, 7) is 4.77. The van der Waals surface area contributed by atoms with Crippen molar-refractivity contribution < 1.29 is 14.6 Å². The highest BCUT2D eigenvalue weighted by Gasteiger charge is 2.33. The van der Waals surface area contributed by atoms with Crippen molar-refractivity contribution in [3.63, 3.8) is 0 Å². The summed E-state index contributed by atoms with van der Waals surface area (Å²) in [6, 6.07) is 7.58. The Kier molecular flexibility index (Phi) is 5.82. The molecule has 1 atom stereocenters. The minimum Gasteiger partial charge on any atom is -0.497 e. The molecule has 0 heterocycles. The van der Waals surface area contributed by atoms with Gasteiger partial charge in [0.05, 0.1) is 7.11 Å². The fourth-order valence-electron chi connectivity index (χ4n) is 2.01. The van der Waals surface area contributed by atoms with Gasteiger partial charge in [-0.1, -0.05) is 13.0 Å². The van der Waals surface area contributed by atoms with Gasteiger partial charge in [0.1, 0.15) is 11.3 Å². The third-order valence-electron chi connectivity index (χ3n) is 3.28. The Morgan fingerprint density at radius 2 is 2.20 bits per heavy atom. The summed E-state index contributed by atoms with van der Waals surface area (Å²) >= 11 is 0. The van der Waals surface area contributed by atoms with Crippen LogP contribution in [0, 0.1) is 0 Å². The number of carboxylic acids is 1. The molecule has 1 unspecified atom stereocenters. The smallest absolute Gasteiger partial charge is 0.325 e. The predicted molar refractivity (Wildman–Crippen MR) is 80.6 cm³/mol. The maximum atomic E-state index is 11.5. The van der Waals surface area contributed by atoms with Crippen LogP contribution in [-0.4, -0.2) is 43.9 Å². The van der Waals surface area contributed by atoms with Gasteiger partial charge in [0.25, 0.3) is 0 Å². The van der Waals surface area contributed by atoms with Gasteiger partial charge in [0, 0.05) is 25.3 Å². The van der Waals surface area contributed by atoms with Crippen LogP contribution in [-0.2, 0) is 4.79 Å². The van der Waals surface area contributed by atoms with Crippen LogP contribution >= 0.6 is 0 Å². The van der Waals surface area contributed by atoms with E-state index in [1.807, 2.05) is 43.1 Å². The van der Waals surface area contributed by atoms with Crippen LogP contribution < -0.4 is 15.0 Å². The summed E-state index contributed by atoms with van der Waals surface area (Å²) in [5.74, 6) is -0.0893.